The first kappa shape index (κ1) is 17.5. The molecule has 0 radical (unpaired) electrons. The predicted molar refractivity (Wildman–Crippen MR) is 90.9 cm³/mol. The molecule has 1 heterocycles. The number of rotatable bonds is 6. The SMILES string of the molecule is CCc1nn(CC(=O)N(C)C)c(CC)c1Oc1ccc(C#N)cc1. The zero-order valence-corrected chi connectivity index (χ0v) is 14.5. The van der Waals surface area contributed by atoms with E-state index in [1.54, 1.807) is 47.9 Å². The Morgan fingerprint density at radius 3 is 2.42 bits per heavy atom. The number of carbonyl (C=O) groups is 1. The molecule has 1 aromatic carbocycles. The number of likely N-dealkylation sites (N-methyl/N-ethyl adjacent to an activating group) is 1. The third-order valence-corrected chi connectivity index (χ3v) is 3.73. The minimum absolute atomic E-state index is 0.0141. The molecule has 6 nitrogen and oxygen atoms in total. The van der Waals surface area contributed by atoms with Crippen molar-refractivity contribution in [2.24, 2.45) is 0 Å². The number of hydrogen-bond acceptors (Lipinski definition) is 4. The van der Waals surface area contributed by atoms with Gasteiger partial charge >= 0.3 is 0 Å². The zero-order chi connectivity index (χ0) is 17.7. The van der Waals surface area contributed by atoms with Crippen LogP contribution in [-0.2, 0) is 24.2 Å². The highest BCUT2D eigenvalue weighted by atomic mass is 16.5. The van der Waals surface area contributed by atoms with Crippen LogP contribution in [0, 0.1) is 11.3 Å². The summed E-state index contributed by atoms with van der Waals surface area (Å²) in [6, 6.07) is 9.04. The van der Waals surface area contributed by atoms with Crippen LogP contribution < -0.4 is 4.74 Å². The molecule has 0 spiro atoms. The second-order valence-electron chi connectivity index (χ2n) is 5.61. The van der Waals surface area contributed by atoms with Crippen LogP contribution in [0.1, 0.15) is 30.8 Å². The number of amides is 1. The molecule has 0 aliphatic rings. The van der Waals surface area contributed by atoms with Crippen molar-refractivity contribution in [3.8, 4) is 17.6 Å². The third-order valence-electron chi connectivity index (χ3n) is 3.73. The summed E-state index contributed by atoms with van der Waals surface area (Å²) in [5, 5.41) is 13.4. The Bertz CT molecular complexity index is 755. The van der Waals surface area contributed by atoms with Gasteiger partial charge in [-0.2, -0.15) is 10.4 Å². The van der Waals surface area contributed by atoms with E-state index in [0.717, 1.165) is 11.4 Å². The maximum Gasteiger partial charge on any atom is 0.243 e. The number of hydrogen-bond donors (Lipinski definition) is 0. The first-order valence-electron chi connectivity index (χ1n) is 7.96. The van der Waals surface area contributed by atoms with Crippen LogP contribution in [0.2, 0.25) is 0 Å². The molecule has 0 saturated heterocycles. The van der Waals surface area contributed by atoms with Crippen molar-refractivity contribution >= 4 is 5.91 Å². The van der Waals surface area contributed by atoms with E-state index in [1.807, 2.05) is 13.8 Å². The van der Waals surface area contributed by atoms with E-state index in [9.17, 15) is 4.79 Å². The van der Waals surface area contributed by atoms with Gasteiger partial charge in [0.05, 0.1) is 17.3 Å². The number of benzene rings is 1. The highest BCUT2D eigenvalue weighted by molar-refractivity contribution is 5.75. The Kier molecular flexibility index (Phi) is 5.59. The predicted octanol–water partition coefficient (Wildman–Crippen LogP) is 2.76. The minimum atomic E-state index is -0.0141. The first-order chi connectivity index (χ1) is 11.5. The van der Waals surface area contributed by atoms with Gasteiger partial charge in [-0.3, -0.25) is 9.48 Å². The van der Waals surface area contributed by atoms with Crippen LogP contribution in [-0.4, -0.2) is 34.7 Å². The van der Waals surface area contributed by atoms with E-state index in [0.29, 0.717) is 29.9 Å². The topological polar surface area (TPSA) is 71.2 Å². The van der Waals surface area contributed by atoms with Crippen LogP contribution >= 0.6 is 0 Å². The standard InChI is InChI=1S/C18H22N4O2/c1-5-15-18(24-14-9-7-13(11-19)8-10-14)16(6-2)22(20-15)12-17(23)21(3)4/h7-10H,5-6,12H2,1-4H3. The van der Waals surface area contributed by atoms with Crippen molar-refractivity contribution in [2.45, 2.75) is 33.2 Å². The highest BCUT2D eigenvalue weighted by Gasteiger charge is 2.20. The van der Waals surface area contributed by atoms with Gasteiger partial charge in [-0.1, -0.05) is 13.8 Å². The minimum Gasteiger partial charge on any atom is -0.453 e. The fourth-order valence-corrected chi connectivity index (χ4v) is 2.34. The molecule has 1 aromatic heterocycles. The van der Waals surface area contributed by atoms with Gasteiger partial charge in [-0.05, 0) is 37.1 Å². The molecule has 2 rings (SSSR count). The van der Waals surface area contributed by atoms with Gasteiger partial charge in [0.25, 0.3) is 0 Å². The summed E-state index contributed by atoms with van der Waals surface area (Å²) in [5.74, 6) is 1.34. The van der Waals surface area contributed by atoms with E-state index < -0.39 is 0 Å². The lowest BCUT2D eigenvalue weighted by atomic mass is 10.2. The first-order valence-corrected chi connectivity index (χ1v) is 7.96. The summed E-state index contributed by atoms with van der Waals surface area (Å²) < 4.78 is 7.75. The molecule has 0 aliphatic heterocycles. The molecular formula is C18H22N4O2. The summed E-state index contributed by atoms with van der Waals surface area (Å²) in [4.78, 5) is 13.6. The van der Waals surface area contributed by atoms with E-state index >= 15 is 0 Å². The number of aryl methyl sites for hydroxylation is 1. The lowest BCUT2D eigenvalue weighted by Gasteiger charge is -2.12. The maximum atomic E-state index is 12.0. The van der Waals surface area contributed by atoms with Gasteiger partial charge in [0.2, 0.25) is 5.91 Å². The number of ether oxygens (including phenoxy) is 1. The molecule has 2 aromatic rings. The van der Waals surface area contributed by atoms with Crippen molar-refractivity contribution < 1.29 is 9.53 Å². The molecular weight excluding hydrogens is 304 g/mol. The average molecular weight is 326 g/mol. The molecule has 0 bridgehead atoms. The second kappa shape index (κ2) is 7.64. The lowest BCUT2D eigenvalue weighted by Crippen LogP contribution is -2.27. The molecule has 126 valence electrons. The van der Waals surface area contributed by atoms with E-state index in [2.05, 4.69) is 11.2 Å². The van der Waals surface area contributed by atoms with E-state index in [-0.39, 0.29) is 12.5 Å². The molecule has 6 heteroatoms. The van der Waals surface area contributed by atoms with Crippen LogP contribution in [0.4, 0.5) is 0 Å². The van der Waals surface area contributed by atoms with Crippen molar-refractivity contribution in [1.82, 2.24) is 14.7 Å². The largest absolute Gasteiger partial charge is 0.453 e. The Hall–Kier alpha value is -2.81. The van der Waals surface area contributed by atoms with E-state index in [1.165, 1.54) is 0 Å². The lowest BCUT2D eigenvalue weighted by molar-refractivity contribution is -0.129. The van der Waals surface area contributed by atoms with Crippen molar-refractivity contribution in [2.75, 3.05) is 14.1 Å². The number of nitrogens with zero attached hydrogens (tertiary/aromatic N) is 4. The maximum absolute atomic E-state index is 12.0. The van der Waals surface area contributed by atoms with Gasteiger partial charge < -0.3 is 9.64 Å². The van der Waals surface area contributed by atoms with Crippen LogP contribution in [0.15, 0.2) is 24.3 Å². The summed E-state index contributed by atoms with van der Waals surface area (Å²) in [7, 11) is 3.46. The smallest absolute Gasteiger partial charge is 0.243 e. The molecule has 0 N–H and O–H groups in total. The summed E-state index contributed by atoms with van der Waals surface area (Å²) in [5.41, 5.74) is 2.30. The molecule has 0 atom stereocenters. The van der Waals surface area contributed by atoms with Crippen LogP contribution in [0.5, 0.6) is 11.5 Å². The molecule has 0 unspecified atom stereocenters. The summed E-state index contributed by atoms with van der Waals surface area (Å²) >= 11 is 0. The Morgan fingerprint density at radius 1 is 1.25 bits per heavy atom. The molecule has 24 heavy (non-hydrogen) atoms. The Labute approximate surface area is 142 Å². The highest BCUT2D eigenvalue weighted by Crippen LogP contribution is 2.30. The fourth-order valence-electron chi connectivity index (χ4n) is 2.34. The van der Waals surface area contributed by atoms with Crippen LogP contribution in [0.25, 0.3) is 0 Å². The van der Waals surface area contributed by atoms with Gasteiger partial charge in [0, 0.05) is 14.1 Å². The van der Waals surface area contributed by atoms with Gasteiger partial charge in [0.1, 0.15) is 18.0 Å². The van der Waals surface area contributed by atoms with Gasteiger partial charge in [-0.25, -0.2) is 0 Å². The van der Waals surface area contributed by atoms with Crippen molar-refractivity contribution in [1.29, 1.82) is 5.26 Å². The van der Waals surface area contributed by atoms with Crippen LogP contribution in [0.3, 0.4) is 0 Å². The molecule has 0 saturated carbocycles. The average Bonchev–Trinajstić information content (AvgIpc) is 2.91. The fraction of sp³-hybridized carbons (Fsp3) is 0.389. The normalized spacial score (nSPS) is 10.3. The van der Waals surface area contributed by atoms with E-state index in [4.69, 9.17) is 10.00 Å². The van der Waals surface area contributed by atoms with Gasteiger partial charge in [-0.15, -0.1) is 0 Å². The summed E-state index contributed by atoms with van der Waals surface area (Å²) in [6.07, 6.45) is 1.42. The molecule has 1 amide bonds. The van der Waals surface area contributed by atoms with Gasteiger partial charge in [0.15, 0.2) is 5.75 Å². The Morgan fingerprint density at radius 2 is 1.92 bits per heavy atom. The summed E-state index contributed by atoms with van der Waals surface area (Å²) in [6.45, 7) is 4.21. The van der Waals surface area contributed by atoms with Crippen molar-refractivity contribution in [3.63, 3.8) is 0 Å². The molecule has 0 aliphatic carbocycles. The zero-order valence-electron chi connectivity index (χ0n) is 14.5. The number of nitriles is 1. The number of carbonyl (C=O) groups excluding carboxylic acids is 1. The molecule has 0 fully saturated rings. The van der Waals surface area contributed by atoms with Crippen molar-refractivity contribution in [3.05, 3.63) is 41.2 Å². The Balaban J connectivity index is 2.35. The quantitative estimate of drug-likeness (QED) is 0.818. The third kappa shape index (κ3) is 3.74. The number of aromatic nitrogens is 2. The second-order valence-corrected chi connectivity index (χ2v) is 5.61. The monoisotopic (exact) mass is 326 g/mol.